The molecule has 0 saturated carbocycles. The molecule has 1 aromatic heterocycles. The van der Waals surface area contributed by atoms with Crippen molar-refractivity contribution in [1.82, 2.24) is 14.8 Å². The van der Waals surface area contributed by atoms with E-state index in [1.165, 1.54) is 24.4 Å². The number of rotatable bonds is 4. The largest absolute Gasteiger partial charge is 0.465 e. The zero-order chi connectivity index (χ0) is 22.1. The minimum Gasteiger partial charge on any atom is -0.465 e. The van der Waals surface area contributed by atoms with Crippen LogP contribution < -0.4 is 5.73 Å². The van der Waals surface area contributed by atoms with Gasteiger partial charge in [0.1, 0.15) is 0 Å². The van der Waals surface area contributed by atoms with Crippen LogP contribution >= 0.6 is 0 Å². The number of esters is 1. The Morgan fingerprint density at radius 3 is 2.56 bits per heavy atom. The summed E-state index contributed by atoms with van der Waals surface area (Å²) >= 11 is 0. The molecule has 1 aromatic carbocycles. The summed E-state index contributed by atoms with van der Waals surface area (Å²) in [6.45, 7) is 6.11. The molecule has 170 valence electrons. The number of nitrogens with zero attached hydrogens (tertiary/aromatic N) is 3. The highest BCUT2D eigenvalue weighted by Crippen LogP contribution is 2.38. The molecule has 2 aromatic rings. The minimum absolute atomic E-state index is 0.106. The smallest absolute Gasteiger partial charge is 0.339 e. The molecule has 2 unspecified atom stereocenters. The highest BCUT2D eigenvalue weighted by Gasteiger charge is 2.37. The zero-order valence-corrected chi connectivity index (χ0v) is 18.7. The average Bonchev–Trinajstić information content (AvgIpc) is 3.19. The molecule has 3 aliphatic rings. The second-order valence-electron chi connectivity index (χ2n) is 9.10. The summed E-state index contributed by atoms with van der Waals surface area (Å²) in [4.78, 5) is 21.3. The first-order chi connectivity index (χ1) is 15.6. The molecule has 32 heavy (non-hydrogen) atoms. The highest BCUT2D eigenvalue weighted by atomic mass is 16.5. The summed E-state index contributed by atoms with van der Waals surface area (Å²) in [5.41, 5.74) is 11.7. The molecule has 2 N–H and O–H groups in total. The van der Waals surface area contributed by atoms with Crippen LogP contribution in [0.3, 0.4) is 0 Å². The molecule has 0 spiro atoms. The fourth-order valence-electron chi connectivity index (χ4n) is 5.57. The van der Waals surface area contributed by atoms with Crippen molar-refractivity contribution in [2.45, 2.75) is 37.4 Å². The standard InChI is InChI=1S/C25H32N4O3/c1-31-25(30)20-13-19(15-27-16-20)17-2-3-22-18(12-17)14-23(26)24(22)29-8-6-28(7-9-29)21-4-10-32-11-5-21/h2-3,12-13,15-16,21,23-24H,4-11,14,26H2,1H3. The SMILES string of the molecule is COC(=O)c1cncc(-c2ccc3c(c2)CC(N)C3N2CCN(C3CCOCC3)CC2)c1. The summed E-state index contributed by atoms with van der Waals surface area (Å²) in [7, 11) is 1.38. The first-order valence-corrected chi connectivity index (χ1v) is 11.6. The minimum atomic E-state index is -0.373. The second kappa shape index (κ2) is 9.27. The van der Waals surface area contributed by atoms with Crippen LogP contribution in [0.2, 0.25) is 0 Å². The van der Waals surface area contributed by atoms with Crippen LogP contribution in [0.5, 0.6) is 0 Å². The fourth-order valence-corrected chi connectivity index (χ4v) is 5.57. The molecule has 0 radical (unpaired) electrons. The van der Waals surface area contributed by atoms with Gasteiger partial charge < -0.3 is 15.2 Å². The number of hydrogen-bond donors (Lipinski definition) is 1. The van der Waals surface area contributed by atoms with Gasteiger partial charge in [-0.3, -0.25) is 14.8 Å². The number of fused-ring (bicyclic) bond motifs is 1. The normalized spacial score (nSPS) is 24.9. The predicted molar refractivity (Wildman–Crippen MR) is 122 cm³/mol. The molecule has 7 heteroatoms. The van der Waals surface area contributed by atoms with Crippen molar-refractivity contribution in [2.75, 3.05) is 46.5 Å². The Morgan fingerprint density at radius 1 is 1.06 bits per heavy atom. The number of pyridine rings is 1. The lowest BCUT2D eigenvalue weighted by Gasteiger charge is -2.43. The maximum Gasteiger partial charge on any atom is 0.339 e. The molecule has 2 saturated heterocycles. The van der Waals surface area contributed by atoms with E-state index in [4.69, 9.17) is 15.2 Å². The quantitative estimate of drug-likeness (QED) is 0.737. The van der Waals surface area contributed by atoms with Gasteiger partial charge in [-0.25, -0.2) is 4.79 Å². The van der Waals surface area contributed by atoms with Crippen LogP contribution in [0.15, 0.2) is 36.7 Å². The highest BCUT2D eigenvalue weighted by molar-refractivity contribution is 5.90. The van der Waals surface area contributed by atoms with E-state index >= 15 is 0 Å². The number of ether oxygens (including phenoxy) is 2. The number of nitrogens with two attached hydrogens (primary N) is 1. The number of carbonyl (C=O) groups is 1. The first-order valence-electron chi connectivity index (χ1n) is 11.6. The summed E-state index contributed by atoms with van der Waals surface area (Å²) in [6, 6.07) is 9.45. The maximum absolute atomic E-state index is 11.9. The van der Waals surface area contributed by atoms with Crippen molar-refractivity contribution in [3.8, 4) is 11.1 Å². The fraction of sp³-hybridized carbons (Fsp3) is 0.520. The topological polar surface area (TPSA) is 80.9 Å². The Bertz CT molecular complexity index is 967. The van der Waals surface area contributed by atoms with E-state index in [0.717, 1.165) is 69.8 Å². The van der Waals surface area contributed by atoms with E-state index in [1.54, 1.807) is 6.20 Å². The van der Waals surface area contributed by atoms with Crippen molar-refractivity contribution in [2.24, 2.45) is 5.73 Å². The summed E-state index contributed by atoms with van der Waals surface area (Å²) in [5, 5.41) is 0. The Hall–Kier alpha value is -2.32. The molecule has 2 fully saturated rings. The van der Waals surface area contributed by atoms with Gasteiger partial charge in [-0.05, 0) is 42.0 Å². The molecule has 3 heterocycles. The Labute approximate surface area is 189 Å². The Kier molecular flexibility index (Phi) is 6.24. The third kappa shape index (κ3) is 4.18. The lowest BCUT2D eigenvalue weighted by Crippen LogP contribution is -2.54. The van der Waals surface area contributed by atoms with E-state index in [9.17, 15) is 4.79 Å². The molecule has 5 rings (SSSR count). The van der Waals surface area contributed by atoms with Gasteiger partial charge in [0.05, 0.1) is 18.7 Å². The van der Waals surface area contributed by atoms with E-state index in [0.29, 0.717) is 11.6 Å². The zero-order valence-electron chi connectivity index (χ0n) is 18.7. The summed E-state index contributed by atoms with van der Waals surface area (Å²) in [5.74, 6) is -0.373. The molecule has 1 aliphatic carbocycles. The van der Waals surface area contributed by atoms with E-state index < -0.39 is 0 Å². The van der Waals surface area contributed by atoms with Crippen molar-refractivity contribution >= 4 is 5.97 Å². The van der Waals surface area contributed by atoms with Gasteiger partial charge in [-0.15, -0.1) is 0 Å². The maximum atomic E-state index is 11.9. The van der Waals surface area contributed by atoms with Crippen LogP contribution in [0, 0.1) is 0 Å². The van der Waals surface area contributed by atoms with Gasteiger partial charge in [0.25, 0.3) is 0 Å². The molecular formula is C25H32N4O3. The van der Waals surface area contributed by atoms with Crippen LogP contribution in [-0.4, -0.2) is 79.3 Å². The molecule has 0 amide bonds. The second-order valence-corrected chi connectivity index (χ2v) is 9.10. The van der Waals surface area contributed by atoms with Gasteiger partial charge in [0.2, 0.25) is 0 Å². The Balaban J connectivity index is 1.31. The van der Waals surface area contributed by atoms with Crippen LogP contribution in [0.25, 0.3) is 11.1 Å². The van der Waals surface area contributed by atoms with Gasteiger partial charge in [-0.1, -0.05) is 18.2 Å². The van der Waals surface area contributed by atoms with Crippen LogP contribution in [0.4, 0.5) is 0 Å². The first kappa shape index (κ1) is 21.5. The summed E-state index contributed by atoms with van der Waals surface area (Å²) < 4.78 is 10.4. The van der Waals surface area contributed by atoms with E-state index in [-0.39, 0.29) is 18.1 Å². The number of methoxy groups -OCH3 is 1. The third-order valence-corrected chi connectivity index (χ3v) is 7.26. The number of hydrogen-bond acceptors (Lipinski definition) is 7. The lowest BCUT2D eigenvalue weighted by molar-refractivity contribution is 0.00484. The van der Waals surface area contributed by atoms with Gasteiger partial charge in [0, 0.05) is 69.4 Å². The molecule has 2 atom stereocenters. The number of carbonyl (C=O) groups excluding carboxylic acids is 1. The third-order valence-electron chi connectivity index (χ3n) is 7.26. The molecule has 2 aliphatic heterocycles. The molecule has 7 nitrogen and oxygen atoms in total. The van der Waals surface area contributed by atoms with E-state index in [1.807, 2.05) is 6.07 Å². The van der Waals surface area contributed by atoms with Crippen molar-refractivity contribution in [1.29, 1.82) is 0 Å². The number of benzene rings is 1. The van der Waals surface area contributed by atoms with Crippen molar-refractivity contribution in [3.05, 3.63) is 53.3 Å². The average molecular weight is 437 g/mol. The predicted octanol–water partition coefficient (Wildman–Crippen LogP) is 2.26. The molecule has 0 bridgehead atoms. The monoisotopic (exact) mass is 436 g/mol. The number of piperazine rings is 1. The van der Waals surface area contributed by atoms with Crippen molar-refractivity contribution < 1.29 is 14.3 Å². The van der Waals surface area contributed by atoms with Crippen molar-refractivity contribution in [3.63, 3.8) is 0 Å². The van der Waals surface area contributed by atoms with E-state index in [2.05, 4.69) is 33.0 Å². The summed E-state index contributed by atoms with van der Waals surface area (Å²) in [6.07, 6.45) is 6.50. The molecular weight excluding hydrogens is 404 g/mol. The number of aromatic nitrogens is 1. The van der Waals surface area contributed by atoms with Gasteiger partial charge in [-0.2, -0.15) is 0 Å². The van der Waals surface area contributed by atoms with Crippen LogP contribution in [-0.2, 0) is 15.9 Å². The Morgan fingerprint density at radius 2 is 1.81 bits per heavy atom. The van der Waals surface area contributed by atoms with Crippen LogP contribution in [0.1, 0.15) is 40.4 Å². The van der Waals surface area contributed by atoms with Gasteiger partial charge in [0.15, 0.2) is 0 Å². The van der Waals surface area contributed by atoms with Gasteiger partial charge >= 0.3 is 5.97 Å². The lowest BCUT2D eigenvalue weighted by atomic mass is 9.99.